The number of fused-ring (bicyclic) bond motifs is 1. The van der Waals surface area contributed by atoms with E-state index in [9.17, 15) is 9.59 Å². The molecule has 0 aliphatic carbocycles. The molecule has 0 fully saturated rings. The lowest BCUT2D eigenvalue weighted by atomic mass is 10.5. The zero-order valence-electron chi connectivity index (χ0n) is 6.39. The number of anilines is 1. The predicted octanol–water partition coefficient (Wildman–Crippen LogP) is -1.26. The van der Waals surface area contributed by atoms with E-state index in [4.69, 9.17) is 5.73 Å². The van der Waals surface area contributed by atoms with Crippen molar-refractivity contribution in [3.63, 3.8) is 0 Å². The van der Waals surface area contributed by atoms with Crippen LogP contribution in [0.5, 0.6) is 0 Å². The van der Waals surface area contributed by atoms with E-state index in [1.165, 1.54) is 6.33 Å². The molecule has 3 N–H and O–H groups in total. The van der Waals surface area contributed by atoms with Crippen LogP contribution < -0.4 is 11.3 Å². The highest BCUT2D eigenvalue weighted by atomic mass is 16.2. The standard InChI is InChI=1S/C6H5N5O2/c7-6-10-4-3(8-1-9-4)5(13)11(6)2-12/h1-2H,(H2,7,10)(H,8,9). The number of nitrogens with zero attached hydrogens (tertiary/aromatic N) is 3. The van der Waals surface area contributed by atoms with Crippen LogP contribution in [0.1, 0.15) is 0 Å². The van der Waals surface area contributed by atoms with Gasteiger partial charge in [0.05, 0.1) is 6.33 Å². The maximum Gasteiger partial charge on any atom is 0.287 e. The molecule has 0 saturated heterocycles. The Bertz CT molecular complexity index is 525. The average Bonchev–Trinajstić information content (AvgIpc) is 2.53. The Hall–Kier alpha value is -2.18. The Morgan fingerprint density at radius 3 is 3.08 bits per heavy atom. The van der Waals surface area contributed by atoms with E-state index in [1.807, 2.05) is 0 Å². The summed E-state index contributed by atoms with van der Waals surface area (Å²) in [4.78, 5) is 31.8. The Kier molecular flexibility index (Phi) is 1.38. The first-order chi connectivity index (χ1) is 6.24. The van der Waals surface area contributed by atoms with Crippen molar-refractivity contribution in [2.24, 2.45) is 0 Å². The van der Waals surface area contributed by atoms with Gasteiger partial charge in [0.2, 0.25) is 12.4 Å². The average molecular weight is 179 g/mol. The van der Waals surface area contributed by atoms with Gasteiger partial charge in [-0.15, -0.1) is 0 Å². The molecule has 0 aliphatic rings. The third-order valence-electron chi connectivity index (χ3n) is 1.62. The first-order valence-corrected chi connectivity index (χ1v) is 3.40. The molecule has 2 rings (SSSR count). The number of hydrogen-bond acceptors (Lipinski definition) is 5. The fourth-order valence-corrected chi connectivity index (χ4v) is 1.02. The molecule has 0 spiro atoms. The summed E-state index contributed by atoms with van der Waals surface area (Å²) in [5.74, 6) is -0.167. The number of aromatic amines is 1. The molecule has 0 radical (unpaired) electrons. The summed E-state index contributed by atoms with van der Waals surface area (Å²) < 4.78 is 0.709. The lowest BCUT2D eigenvalue weighted by Gasteiger charge is -1.98. The number of aromatic nitrogens is 4. The maximum absolute atomic E-state index is 11.4. The summed E-state index contributed by atoms with van der Waals surface area (Å²) in [6, 6.07) is 0. The topological polar surface area (TPSA) is 107 Å². The zero-order valence-corrected chi connectivity index (χ0v) is 6.39. The van der Waals surface area contributed by atoms with Gasteiger partial charge in [-0.2, -0.15) is 4.98 Å². The molecule has 0 saturated carbocycles. The van der Waals surface area contributed by atoms with Crippen molar-refractivity contribution in [1.82, 2.24) is 19.5 Å². The molecule has 0 bridgehead atoms. The van der Waals surface area contributed by atoms with Crippen LogP contribution in [0.25, 0.3) is 11.2 Å². The van der Waals surface area contributed by atoms with E-state index < -0.39 is 5.56 Å². The van der Waals surface area contributed by atoms with Crippen LogP contribution in [0.3, 0.4) is 0 Å². The minimum Gasteiger partial charge on any atom is -0.369 e. The van der Waals surface area contributed by atoms with Crippen LogP contribution in [0.4, 0.5) is 5.95 Å². The van der Waals surface area contributed by atoms with Crippen molar-refractivity contribution >= 4 is 23.5 Å². The van der Waals surface area contributed by atoms with Crippen molar-refractivity contribution in [2.75, 3.05) is 5.73 Å². The summed E-state index contributed by atoms with van der Waals surface area (Å²) >= 11 is 0. The van der Waals surface area contributed by atoms with Gasteiger partial charge in [-0.05, 0) is 0 Å². The number of nitrogen functional groups attached to an aromatic ring is 1. The third-order valence-corrected chi connectivity index (χ3v) is 1.62. The van der Waals surface area contributed by atoms with Gasteiger partial charge in [0.15, 0.2) is 11.2 Å². The molecule has 0 aromatic carbocycles. The molecule has 7 heteroatoms. The molecular weight excluding hydrogens is 174 g/mol. The number of rotatable bonds is 1. The number of nitrogens with two attached hydrogens (primary N) is 1. The molecule has 2 aromatic heterocycles. The minimum atomic E-state index is -0.546. The Balaban J connectivity index is 3.01. The van der Waals surface area contributed by atoms with E-state index in [2.05, 4.69) is 15.0 Å². The first kappa shape index (κ1) is 7.47. The number of carbonyl (C=O) groups excluding carboxylic acids is 1. The lowest BCUT2D eigenvalue weighted by molar-refractivity contribution is 0.546. The maximum atomic E-state index is 11.4. The largest absolute Gasteiger partial charge is 0.369 e. The fourth-order valence-electron chi connectivity index (χ4n) is 1.02. The van der Waals surface area contributed by atoms with Crippen molar-refractivity contribution in [3.05, 3.63) is 16.7 Å². The van der Waals surface area contributed by atoms with Gasteiger partial charge in [-0.1, -0.05) is 0 Å². The molecule has 0 unspecified atom stereocenters. The van der Waals surface area contributed by atoms with Crippen LogP contribution in [-0.4, -0.2) is 25.9 Å². The van der Waals surface area contributed by atoms with Crippen molar-refractivity contribution < 1.29 is 4.79 Å². The van der Waals surface area contributed by atoms with Gasteiger partial charge in [0, 0.05) is 0 Å². The molecule has 7 nitrogen and oxygen atoms in total. The van der Waals surface area contributed by atoms with Crippen molar-refractivity contribution in [1.29, 1.82) is 0 Å². The highest BCUT2D eigenvalue weighted by Crippen LogP contribution is 2.01. The monoisotopic (exact) mass is 179 g/mol. The van der Waals surface area contributed by atoms with E-state index >= 15 is 0 Å². The van der Waals surface area contributed by atoms with Crippen LogP contribution in [0.2, 0.25) is 0 Å². The Morgan fingerprint density at radius 2 is 2.38 bits per heavy atom. The molecule has 2 heterocycles. The minimum absolute atomic E-state index is 0.167. The third kappa shape index (κ3) is 0.901. The van der Waals surface area contributed by atoms with Gasteiger partial charge in [-0.3, -0.25) is 9.59 Å². The lowest BCUT2D eigenvalue weighted by Crippen LogP contribution is -2.24. The SMILES string of the molecule is Nc1nc2nc[nH]c2c(=O)n1C=O. The summed E-state index contributed by atoms with van der Waals surface area (Å²) in [6.07, 6.45) is 1.62. The predicted molar refractivity (Wildman–Crippen MR) is 44.7 cm³/mol. The van der Waals surface area contributed by atoms with Gasteiger partial charge in [0.25, 0.3) is 5.56 Å². The van der Waals surface area contributed by atoms with Gasteiger partial charge >= 0.3 is 0 Å². The normalized spacial score (nSPS) is 10.5. The van der Waals surface area contributed by atoms with Crippen molar-refractivity contribution in [2.45, 2.75) is 0 Å². The highest BCUT2D eigenvalue weighted by molar-refractivity contribution is 5.73. The zero-order chi connectivity index (χ0) is 9.42. The molecular formula is C6H5N5O2. The first-order valence-electron chi connectivity index (χ1n) is 3.40. The van der Waals surface area contributed by atoms with Gasteiger partial charge < -0.3 is 10.7 Å². The van der Waals surface area contributed by atoms with Crippen LogP contribution in [0.15, 0.2) is 11.1 Å². The van der Waals surface area contributed by atoms with E-state index in [1.54, 1.807) is 0 Å². The molecule has 2 aromatic rings. The summed E-state index contributed by atoms with van der Waals surface area (Å²) in [7, 11) is 0. The molecule has 13 heavy (non-hydrogen) atoms. The quantitative estimate of drug-likeness (QED) is 0.531. The Labute approximate surface area is 71.2 Å². The molecule has 0 amide bonds. The fraction of sp³-hybridized carbons (Fsp3) is 0. The molecule has 0 atom stereocenters. The number of hydrogen-bond donors (Lipinski definition) is 2. The second-order valence-corrected chi connectivity index (χ2v) is 2.35. The number of imidazole rings is 1. The van der Waals surface area contributed by atoms with E-state index in [0.29, 0.717) is 11.0 Å². The summed E-state index contributed by atoms with van der Waals surface area (Å²) in [6.45, 7) is 0. The highest BCUT2D eigenvalue weighted by Gasteiger charge is 2.08. The molecule has 0 aliphatic heterocycles. The number of H-pyrrole nitrogens is 1. The van der Waals surface area contributed by atoms with Crippen molar-refractivity contribution in [3.8, 4) is 0 Å². The van der Waals surface area contributed by atoms with Gasteiger partial charge in [0.1, 0.15) is 0 Å². The summed E-state index contributed by atoms with van der Waals surface area (Å²) in [5, 5.41) is 0. The van der Waals surface area contributed by atoms with E-state index in [-0.39, 0.29) is 17.1 Å². The second kappa shape index (κ2) is 2.41. The summed E-state index contributed by atoms with van der Waals surface area (Å²) in [5.41, 5.74) is 5.15. The van der Waals surface area contributed by atoms with Crippen LogP contribution >= 0.6 is 0 Å². The van der Waals surface area contributed by atoms with E-state index in [0.717, 1.165) is 0 Å². The number of carbonyl (C=O) groups is 1. The smallest absolute Gasteiger partial charge is 0.287 e. The number of nitrogens with one attached hydrogen (secondary N) is 1. The van der Waals surface area contributed by atoms with Crippen LogP contribution in [-0.2, 0) is 4.79 Å². The van der Waals surface area contributed by atoms with Crippen LogP contribution in [0, 0.1) is 0 Å². The molecule has 66 valence electrons. The van der Waals surface area contributed by atoms with Gasteiger partial charge in [-0.25, -0.2) is 9.55 Å². The Morgan fingerprint density at radius 1 is 1.62 bits per heavy atom. The second-order valence-electron chi connectivity index (χ2n) is 2.35.